The van der Waals surface area contributed by atoms with Crippen molar-refractivity contribution >= 4 is 17.7 Å². The molecule has 4 nitrogen and oxygen atoms in total. The van der Waals surface area contributed by atoms with Gasteiger partial charge in [-0.25, -0.2) is 14.4 Å². The zero-order valence-electron chi connectivity index (χ0n) is 10.6. The van der Waals surface area contributed by atoms with E-state index in [4.69, 9.17) is 4.74 Å². The summed E-state index contributed by atoms with van der Waals surface area (Å²) < 4.78 is 19.1. The fourth-order valence-corrected chi connectivity index (χ4v) is 2.84. The topological polar surface area (TPSA) is 47.0 Å². The minimum atomic E-state index is -0.360. The van der Waals surface area contributed by atoms with E-state index in [0.717, 1.165) is 26.0 Å². The molecule has 1 N–H and O–H groups in total. The van der Waals surface area contributed by atoms with Crippen molar-refractivity contribution in [2.45, 2.75) is 43.1 Å². The summed E-state index contributed by atoms with van der Waals surface area (Å²) in [7, 11) is 0. The zero-order valence-corrected chi connectivity index (χ0v) is 11.5. The van der Waals surface area contributed by atoms with Crippen molar-refractivity contribution in [2.75, 3.05) is 18.5 Å². The SMILES string of the molecule is CCCNc1ncc(F)c(SC2CCOC2C)n1. The third kappa shape index (κ3) is 3.32. The molecule has 0 aromatic carbocycles. The Morgan fingerprint density at radius 2 is 2.44 bits per heavy atom. The van der Waals surface area contributed by atoms with Crippen LogP contribution in [0.1, 0.15) is 26.7 Å². The molecule has 1 aromatic heterocycles. The number of halogens is 1. The quantitative estimate of drug-likeness (QED) is 0.834. The van der Waals surface area contributed by atoms with Crippen LogP contribution < -0.4 is 5.32 Å². The summed E-state index contributed by atoms with van der Waals surface area (Å²) in [6, 6.07) is 0. The second-order valence-electron chi connectivity index (χ2n) is 4.29. The van der Waals surface area contributed by atoms with Gasteiger partial charge in [0.2, 0.25) is 5.95 Å². The molecule has 0 aliphatic carbocycles. The number of thioether (sulfide) groups is 1. The van der Waals surface area contributed by atoms with Crippen LogP contribution >= 0.6 is 11.8 Å². The minimum absolute atomic E-state index is 0.149. The Morgan fingerprint density at radius 3 is 3.11 bits per heavy atom. The molecule has 1 saturated heterocycles. The van der Waals surface area contributed by atoms with Gasteiger partial charge in [0.05, 0.1) is 12.3 Å². The summed E-state index contributed by atoms with van der Waals surface area (Å²) in [5, 5.41) is 3.74. The lowest BCUT2D eigenvalue weighted by molar-refractivity contribution is 0.127. The van der Waals surface area contributed by atoms with Crippen LogP contribution in [0.15, 0.2) is 11.2 Å². The molecular weight excluding hydrogens is 253 g/mol. The van der Waals surface area contributed by atoms with Gasteiger partial charge in [0.1, 0.15) is 5.03 Å². The fourth-order valence-electron chi connectivity index (χ4n) is 1.77. The Balaban J connectivity index is 2.06. The van der Waals surface area contributed by atoms with Gasteiger partial charge in [-0.05, 0) is 19.8 Å². The molecule has 0 radical (unpaired) electrons. The Kier molecular flexibility index (Phi) is 4.77. The first kappa shape index (κ1) is 13.5. The van der Waals surface area contributed by atoms with Gasteiger partial charge in [0.15, 0.2) is 5.82 Å². The van der Waals surface area contributed by atoms with E-state index in [2.05, 4.69) is 22.2 Å². The Labute approximate surface area is 111 Å². The lowest BCUT2D eigenvalue weighted by Gasteiger charge is -2.13. The average molecular weight is 271 g/mol. The van der Waals surface area contributed by atoms with Gasteiger partial charge in [-0.3, -0.25) is 0 Å². The van der Waals surface area contributed by atoms with Gasteiger partial charge < -0.3 is 10.1 Å². The van der Waals surface area contributed by atoms with Crippen LogP contribution in [0.4, 0.5) is 10.3 Å². The number of ether oxygens (including phenoxy) is 1. The maximum absolute atomic E-state index is 13.7. The first-order chi connectivity index (χ1) is 8.70. The van der Waals surface area contributed by atoms with Gasteiger partial charge in [-0.15, -0.1) is 0 Å². The highest BCUT2D eigenvalue weighted by atomic mass is 32.2. The normalized spacial score (nSPS) is 23.3. The van der Waals surface area contributed by atoms with Crippen LogP contribution in [0.25, 0.3) is 0 Å². The molecule has 2 unspecified atom stereocenters. The minimum Gasteiger partial charge on any atom is -0.377 e. The summed E-state index contributed by atoms with van der Waals surface area (Å²) in [5.74, 6) is 0.133. The zero-order chi connectivity index (χ0) is 13.0. The van der Waals surface area contributed by atoms with E-state index in [1.807, 2.05) is 6.92 Å². The summed E-state index contributed by atoms with van der Waals surface area (Å²) in [6.07, 6.45) is 3.30. The monoisotopic (exact) mass is 271 g/mol. The van der Waals surface area contributed by atoms with Crippen LogP contribution in [0.3, 0.4) is 0 Å². The summed E-state index contributed by atoms with van der Waals surface area (Å²) >= 11 is 1.44. The fraction of sp³-hybridized carbons (Fsp3) is 0.667. The van der Waals surface area contributed by atoms with Crippen LogP contribution in [0.2, 0.25) is 0 Å². The smallest absolute Gasteiger partial charge is 0.223 e. The van der Waals surface area contributed by atoms with Crippen LogP contribution in [-0.2, 0) is 4.74 Å². The molecule has 1 aliphatic rings. The molecule has 6 heteroatoms. The average Bonchev–Trinajstić information content (AvgIpc) is 2.76. The highest BCUT2D eigenvalue weighted by Crippen LogP contribution is 2.32. The summed E-state index contributed by atoms with van der Waals surface area (Å²) in [5.41, 5.74) is 0. The molecule has 2 rings (SSSR count). The Bertz CT molecular complexity index is 405. The van der Waals surface area contributed by atoms with Crippen molar-refractivity contribution in [3.05, 3.63) is 12.0 Å². The first-order valence-electron chi connectivity index (χ1n) is 6.25. The van der Waals surface area contributed by atoms with Crippen LogP contribution in [0.5, 0.6) is 0 Å². The van der Waals surface area contributed by atoms with E-state index in [-0.39, 0.29) is 17.2 Å². The number of anilines is 1. The molecule has 0 bridgehead atoms. The molecule has 0 saturated carbocycles. The van der Waals surface area contributed by atoms with E-state index < -0.39 is 0 Å². The highest BCUT2D eigenvalue weighted by molar-refractivity contribution is 7.99. The third-order valence-electron chi connectivity index (χ3n) is 2.81. The molecule has 2 atom stereocenters. The maximum Gasteiger partial charge on any atom is 0.223 e. The lowest BCUT2D eigenvalue weighted by Crippen LogP contribution is -2.14. The molecule has 0 spiro atoms. The summed E-state index contributed by atoms with van der Waals surface area (Å²) in [4.78, 5) is 8.15. The van der Waals surface area contributed by atoms with Crippen molar-refractivity contribution in [2.24, 2.45) is 0 Å². The molecule has 0 amide bonds. The first-order valence-corrected chi connectivity index (χ1v) is 7.13. The van der Waals surface area contributed by atoms with Crippen molar-refractivity contribution in [3.63, 3.8) is 0 Å². The molecule has 1 aromatic rings. The van der Waals surface area contributed by atoms with Gasteiger partial charge in [-0.2, -0.15) is 0 Å². The van der Waals surface area contributed by atoms with Gasteiger partial charge >= 0.3 is 0 Å². The number of hydrogen-bond acceptors (Lipinski definition) is 5. The van der Waals surface area contributed by atoms with Crippen molar-refractivity contribution in [1.82, 2.24) is 9.97 Å². The van der Waals surface area contributed by atoms with Gasteiger partial charge in [0.25, 0.3) is 0 Å². The standard InChI is InChI=1S/C12H18FN3OS/c1-3-5-14-12-15-7-9(13)11(16-12)18-10-4-6-17-8(10)2/h7-8,10H,3-6H2,1-2H3,(H,14,15,16). The number of hydrogen-bond donors (Lipinski definition) is 1. The number of nitrogens with zero attached hydrogens (tertiary/aromatic N) is 2. The lowest BCUT2D eigenvalue weighted by atomic mass is 10.3. The van der Waals surface area contributed by atoms with Crippen molar-refractivity contribution < 1.29 is 9.13 Å². The Hall–Kier alpha value is -0.880. The van der Waals surface area contributed by atoms with E-state index >= 15 is 0 Å². The van der Waals surface area contributed by atoms with Gasteiger partial charge in [0, 0.05) is 18.4 Å². The molecule has 1 aliphatic heterocycles. The highest BCUT2D eigenvalue weighted by Gasteiger charge is 2.26. The van der Waals surface area contributed by atoms with Crippen LogP contribution in [0, 0.1) is 5.82 Å². The predicted octanol–water partition coefficient (Wildman–Crippen LogP) is 2.71. The largest absolute Gasteiger partial charge is 0.377 e. The van der Waals surface area contributed by atoms with E-state index in [1.54, 1.807) is 0 Å². The molecule has 1 fully saturated rings. The Morgan fingerprint density at radius 1 is 1.61 bits per heavy atom. The second-order valence-corrected chi connectivity index (χ2v) is 5.52. The van der Waals surface area contributed by atoms with E-state index in [1.165, 1.54) is 18.0 Å². The van der Waals surface area contributed by atoms with Crippen molar-refractivity contribution in [1.29, 1.82) is 0 Å². The van der Waals surface area contributed by atoms with Crippen molar-refractivity contribution in [3.8, 4) is 0 Å². The number of rotatable bonds is 5. The predicted molar refractivity (Wildman–Crippen MR) is 70.4 cm³/mol. The molecule has 2 heterocycles. The molecule has 18 heavy (non-hydrogen) atoms. The maximum atomic E-state index is 13.7. The van der Waals surface area contributed by atoms with E-state index in [0.29, 0.717) is 11.0 Å². The molecule has 100 valence electrons. The second kappa shape index (κ2) is 6.33. The van der Waals surface area contributed by atoms with Crippen LogP contribution in [-0.4, -0.2) is 34.5 Å². The summed E-state index contributed by atoms with van der Waals surface area (Å²) in [6.45, 7) is 5.61. The van der Waals surface area contributed by atoms with E-state index in [9.17, 15) is 4.39 Å². The van der Waals surface area contributed by atoms with Gasteiger partial charge in [-0.1, -0.05) is 18.7 Å². The molecular formula is C12H18FN3OS. The third-order valence-corrected chi connectivity index (χ3v) is 4.25. The number of aromatic nitrogens is 2. The number of nitrogens with one attached hydrogen (secondary N) is 1.